The first-order valence-electron chi connectivity index (χ1n) is 13.2. The van der Waals surface area contributed by atoms with E-state index in [4.69, 9.17) is 0 Å². The van der Waals surface area contributed by atoms with E-state index in [-0.39, 0.29) is 53.7 Å². The molecule has 3 aliphatic carbocycles. The molecule has 0 saturated heterocycles. The van der Waals surface area contributed by atoms with Gasteiger partial charge in [-0.15, -0.1) is 0 Å². The monoisotopic (exact) mass is 609 g/mol. The standard InChI is InChI=1S/C28H27F8NO3S/c1-15(16-2-3-16)37-24(38)21-12-13-25(41(39,40)20-8-6-19(29)7-9-20)22-11-5-18(14-17(22)4-10-23(21)25)26(30,27(31,32)33)28(34,35)36/h5-9,11,14-16,21,23H,2-4,10,12-13H2,1H3,(H,37,38)/t15-,21-,23+,25-/m1/s1. The molecule has 0 heterocycles. The third kappa shape index (κ3) is 4.53. The summed E-state index contributed by atoms with van der Waals surface area (Å²) in [6, 6.07) is 5.34. The molecular formula is C28H27F8NO3S. The predicted molar refractivity (Wildman–Crippen MR) is 131 cm³/mol. The van der Waals surface area contributed by atoms with E-state index in [0.717, 1.165) is 43.2 Å². The summed E-state index contributed by atoms with van der Waals surface area (Å²) in [6.45, 7) is 1.84. The summed E-state index contributed by atoms with van der Waals surface area (Å²) in [7, 11) is -4.48. The lowest BCUT2D eigenvalue weighted by atomic mass is 9.72. The van der Waals surface area contributed by atoms with Crippen molar-refractivity contribution in [3.8, 4) is 0 Å². The molecule has 3 aliphatic rings. The Labute approximate surface area is 231 Å². The summed E-state index contributed by atoms with van der Waals surface area (Å²) >= 11 is 0. The molecule has 4 nitrogen and oxygen atoms in total. The number of alkyl halides is 7. The number of halogens is 8. The van der Waals surface area contributed by atoms with Crippen molar-refractivity contribution in [2.45, 2.75) is 79.2 Å². The fourth-order valence-corrected chi connectivity index (χ4v) is 9.21. The van der Waals surface area contributed by atoms with E-state index < -0.39 is 55.8 Å². The maximum Gasteiger partial charge on any atom is 0.435 e. The van der Waals surface area contributed by atoms with Crippen molar-refractivity contribution >= 4 is 15.7 Å². The van der Waals surface area contributed by atoms with E-state index in [0.29, 0.717) is 18.1 Å². The molecule has 2 aromatic rings. The van der Waals surface area contributed by atoms with Gasteiger partial charge in [-0.25, -0.2) is 17.2 Å². The quantitative estimate of drug-likeness (QED) is 0.294. The predicted octanol–water partition coefficient (Wildman–Crippen LogP) is 6.67. The molecule has 5 rings (SSSR count). The molecule has 41 heavy (non-hydrogen) atoms. The molecule has 1 amide bonds. The number of carbonyl (C=O) groups excluding carboxylic acids is 1. The third-order valence-corrected chi connectivity index (χ3v) is 11.6. The Bertz CT molecular complexity index is 1440. The van der Waals surface area contributed by atoms with Crippen molar-refractivity contribution in [1.29, 1.82) is 0 Å². The van der Waals surface area contributed by atoms with E-state index in [1.54, 1.807) is 0 Å². The lowest BCUT2D eigenvalue weighted by Crippen LogP contribution is -2.51. The highest BCUT2D eigenvalue weighted by atomic mass is 32.2. The summed E-state index contributed by atoms with van der Waals surface area (Å²) in [5, 5.41) is 2.94. The van der Waals surface area contributed by atoms with Crippen molar-refractivity contribution in [3.63, 3.8) is 0 Å². The number of benzene rings is 2. The number of sulfone groups is 1. The Balaban J connectivity index is 1.65. The van der Waals surface area contributed by atoms with Crippen LogP contribution in [0.25, 0.3) is 0 Å². The highest BCUT2D eigenvalue weighted by Gasteiger charge is 2.74. The number of hydrogen-bond donors (Lipinski definition) is 1. The molecule has 0 spiro atoms. The van der Waals surface area contributed by atoms with Gasteiger partial charge in [0.1, 0.15) is 10.6 Å². The van der Waals surface area contributed by atoms with Crippen LogP contribution in [0.1, 0.15) is 55.7 Å². The normalized spacial score (nSPS) is 25.8. The summed E-state index contributed by atoms with van der Waals surface area (Å²) in [6.07, 6.45) is -11.0. The molecule has 224 valence electrons. The topological polar surface area (TPSA) is 63.2 Å². The number of carbonyl (C=O) groups is 1. The second-order valence-electron chi connectivity index (χ2n) is 11.3. The number of rotatable bonds is 6. The Morgan fingerprint density at radius 1 is 0.927 bits per heavy atom. The summed E-state index contributed by atoms with van der Waals surface area (Å²) in [5.41, 5.74) is -7.62. The van der Waals surface area contributed by atoms with E-state index >= 15 is 0 Å². The van der Waals surface area contributed by atoms with Crippen molar-refractivity contribution in [2.24, 2.45) is 17.8 Å². The number of hydrogen-bond acceptors (Lipinski definition) is 3. The minimum Gasteiger partial charge on any atom is -0.353 e. The molecule has 1 N–H and O–H groups in total. The van der Waals surface area contributed by atoms with Gasteiger partial charge in [0.25, 0.3) is 0 Å². The molecule has 13 heteroatoms. The molecular weight excluding hydrogens is 582 g/mol. The highest BCUT2D eigenvalue weighted by Crippen LogP contribution is 2.60. The fourth-order valence-electron chi connectivity index (χ4n) is 6.74. The summed E-state index contributed by atoms with van der Waals surface area (Å²) in [4.78, 5) is 13.0. The van der Waals surface area contributed by atoms with Crippen LogP contribution in [-0.2, 0) is 31.5 Å². The molecule has 0 radical (unpaired) electrons. The van der Waals surface area contributed by atoms with Crippen LogP contribution < -0.4 is 5.32 Å². The smallest absolute Gasteiger partial charge is 0.353 e. The van der Waals surface area contributed by atoms with Gasteiger partial charge < -0.3 is 5.32 Å². The van der Waals surface area contributed by atoms with Gasteiger partial charge >= 0.3 is 18.0 Å². The van der Waals surface area contributed by atoms with Crippen LogP contribution in [0.2, 0.25) is 0 Å². The minimum absolute atomic E-state index is 0.0515. The van der Waals surface area contributed by atoms with Crippen LogP contribution in [0.4, 0.5) is 35.1 Å². The molecule has 0 bridgehead atoms. The number of fused-ring (bicyclic) bond motifs is 3. The van der Waals surface area contributed by atoms with Gasteiger partial charge in [0.05, 0.1) is 4.90 Å². The van der Waals surface area contributed by atoms with Crippen LogP contribution in [0, 0.1) is 23.6 Å². The average molecular weight is 610 g/mol. The maximum absolute atomic E-state index is 14.9. The molecule has 4 atom stereocenters. The lowest BCUT2D eigenvalue weighted by Gasteiger charge is -2.42. The van der Waals surface area contributed by atoms with Gasteiger partial charge in [0.2, 0.25) is 5.91 Å². The second-order valence-corrected chi connectivity index (χ2v) is 13.5. The average Bonchev–Trinajstić information content (AvgIpc) is 3.66. The zero-order valence-corrected chi connectivity index (χ0v) is 22.6. The van der Waals surface area contributed by atoms with Crippen LogP contribution in [0.5, 0.6) is 0 Å². The largest absolute Gasteiger partial charge is 0.435 e. The van der Waals surface area contributed by atoms with E-state index in [1.165, 1.54) is 0 Å². The van der Waals surface area contributed by atoms with Crippen LogP contribution in [0.3, 0.4) is 0 Å². The van der Waals surface area contributed by atoms with Crippen molar-refractivity contribution < 1.29 is 48.3 Å². The molecule has 2 saturated carbocycles. The lowest BCUT2D eigenvalue weighted by molar-refractivity contribution is -0.348. The van der Waals surface area contributed by atoms with Crippen LogP contribution in [0.15, 0.2) is 47.4 Å². The number of aryl methyl sites for hydroxylation is 1. The van der Waals surface area contributed by atoms with Crippen molar-refractivity contribution in [3.05, 3.63) is 65.0 Å². The molecule has 2 aromatic carbocycles. The minimum atomic E-state index is -6.33. The zero-order valence-electron chi connectivity index (χ0n) is 21.8. The second kappa shape index (κ2) is 9.67. The van der Waals surface area contributed by atoms with Gasteiger partial charge in [-0.3, -0.25) is 4.79 Å². The van der Waals surface area contributed by atoms with Gasteiger partial charge in [0.15, 0.2) is 9.84 Å². The van der Waals surface area contributed by atoms with Gasteiger partial charge in [-0.2, -0.15) is 26.3 Å². The fraction of sp³-hybridized carbons (Fsp3) is 0.536. The van der Waals surface area contributed by atoms with E-state index in [1.807, 2.05) is 6.92 Å². The SMILES string of the molecule is C[C@@H](NC(=O)[C@@H]1CC[C@@]2(S(=O)(=O)c3ccc(F)cc3)c3ccc(C(F)(C(F)(F)F)C(F)(F)F)cc3CC[C@@H]12)C1CC1. The molecule has 2 fully saturated rings. The van der Waals surface area contributed by atoms with Crippen molar-refractivity contribution in [2.75, 3.05) is 0 Å². The van der Waals surface area contributed by atoms with Crippen molar-refractivity contribution in [1.82, 2.24) is 5.32 Å². The van der Waals surface area contributed by atoms with Gasteiger partial charge in [0, 0.05) is 17.5 Å². The number of nitrogens with one attached hydrogen (secondary N) is 1. The summed E-state index contributed by atoms with van der Waals surface area (Å²) in [5.74, 6) is -2.46. The first-order valence-corrected chi connectivity index (χ1v) is 14.7. The van der Waals surface area contributed by atoms with E-state index in [2.05, 4.69) is 5.32 Å². The molecule has 0 aliphatic heterocycles. The Morgan fingerprint density at radius 2 is 1.54 bits per heavy atom. The van der Waals surface area contributed by atoms with E-state index in [9.17, 15) is 48.3 Å². The first-order chi connectivity index (χ1) is 18.9. The molecule has 0 unspecified atom stereocenters. The Morgan fingerprint density at radius 3 is 2.10 bits per heavy atom. The Hall–Kier alpha value is -2.70. The Kier molecular flexibility index (Phi) is 7.02. The molecule has 0 aromatic heterocycles. The van der Waals surface area contributed by atoms with Crippen LogP contribution >= 0.6 is 0 Å². The van der Waals surface area contributed by atoms with Crippen LogP contribution in [-0.4, -0.2) is 32.7 Å². The van der Waals surface area contributed by atoms with Gasteiger partial charge in [-0.05, 0) is 92.7 Å². The third-order valence-electron chi connectivity index (χ3n) is 9.02. The maximum atomic E-state index is 14.9. The highest BCUT2D eigenvalue weighted by molar-refractivity contribution is 7.92. The van der Waals surface area contributed by atoms with Gasteiger partial charge in [-0.1, -0.05) is 18.2 Å². The zero-order chi connectivity index (χ0) is 30.2. The summed E-state index contributed by atoms with van der Waals surface area (Å²) < 4.78 is 136. The first kappa shape index (κ1) is 29.8. The number of amides is 1.